The molecule has 0 saturated heterocycles. The summed E-state index contributed by atoms with van der Waals surface area (Å²) in [6.45, 7) is 4.97. The van der Waals surface area contributed by atoms with Gasteiger partial charge in [0.1, 0.15) is 5.15 Å². The van der Waals surface area contributed by atoms with Crippen LogP contribution in [0.2, 0.25) is 5.15 Å². The summed E-state index contributed by atoms with van der Waals surface area (Å²) in [6, 6.07) is 5.57. The summed E-state index contributed by atoms with van der Waals surface area (Å²) in [6.07, 6.45) is 1.66. The Hall–Kier alpha value is -1.81. The van der Waals surface area contributed by atoms with E-state index in [0.29, 0.717) is 11.7 Å². The van der Waals surface area contributed by atoms with Gasteiger partial charge in [-0.05, 0) is 18.2 Å². The Morgan fingerprint density at radius 3 is 2.85 bits per heavy atom. The lowest BCUT2D eigenvalue weighted by Gasteiger charge is -2.35. The Morgan fingerprint density at radius 2 is 2.15 bits per heavy atom. The van der Waals surface area contributed by atoms with Gasteiger partial charge in [0.15, 0.2) is 0 Å². The molecule has 0 aromatic carbocycles. The Morgan fingerprint density at radius 1 is 1.40 bits per heavy atom. The zero-order valence-corrected chi connectivity index (χ0v) is 12.5. The maximum Gasteiger partial charge on any atom is 0.255 e. The molecule has 5 heteroatoms. The molecule has 0 aliphatic carbocycles. The average molecular weight is 290 g/mol. The summed E-state index contributed by atoms with van der Waals surface area (Å²) >= 11 is 5.93. The molecule has 2 aromatic rings. The van der Waals surface area contributed by atoms with Crippen LogP contribution in [-0.4, -0.2) is 34.4 Å². The number of nitrogens with one attached hydrogen (secondary N) is 1. The number of carbonyl (C=O) groups excluding carboxylic acids is 1. The number of likely N-dealkylation sites (N-methyl/N-ethyl adjacent to an activating group) is 1. The van der Waals surface area contributed by atoms with Crippen molar-refractivity contribution in [3.05, 3.63) is 40.8 Å². The molecule has 0 unspecified atom stereocenters. The van der Waals surface area contributed by atoms with Crippen LogP contribution in [0.4, 0.5) is 0 Å². The van der Waals surface area contributed by atoms with Crippen molar-refractivity contribution in [2.75, 3.05) is 13.6 Å². The molecule has 0 atom stereocenters. The van der Waals surface area contributed by atoms with Crippen LogP contribution < -0.4 is 0 Å². The van der Waals surface area contributed by atoms with Gasteiger partial charge in [0, 0.05) is 42.2 Å². The van der Waals surface area contributed by atoms with Crippen LogP contribution in [0.3, 0.4) is 0 Å². The number of rotatable bonds is 1. The van der Waals surface area contributed by atoms with E-state index in [0.717, 1.165) is 22.5 Å². The summed E-state index contributed by atoms with van der Waals surface area (Å²) in [5, 5.41) is 0.442. The molecule has 0 spiro atoms. The third-order valence-corrected chi connectivity index (χ3v) is 3.95. The van der Waals surface area contributed by atoms with Crippen molar-refractivity contribution >= 4 is 17.5 Å². The number of pyridine rings is 1. The summed E-state index contributed by atoms with van der Waals surface area (Å²) < 4.78 is 0. The van der Waals surface area contributed by atoms with Crippen LogP contribution in [-0.2, 0) is 5.41 Å². The summed E-state index contributed by atoms with van der Waals surface area (Å²) in [5.74, 6) is 0.0574. The van der Waals surface area contributed by atoms with Crippen molar-refractivity contribution in [2.24, 2.45) is 0 Å². The van der Waals surface area contributed by atoms with Crippen LogP contribution in [0.5, 0.6) is 0 Å². The number of H-pyrrole nitrogens is 1. The van der Waals surface area contributed by atoms with E-state index in [1.165, 1.54) is 0 Å². The monoisotopic (exact) mass is 289 g/mol. The van der Waals surface area contributed by atoms with Gasteiger partial charge in [0.25, 0.3) is 5.91 Å². The third-order valence-electron chi connectivity index (χ3n) is 3.74. The highest BCUT2D eigenvalue weighted by Crippen LogP contribution is 2.35. The minimum atomic E-state index is -0.0902. The van der Waals surface area contributed by atoms with Gasteiger partial charge < -0.3 is 9.88 Å². The number of carbonyl (C=O) groups is 1. The first-order valence-corrected chi connectivity index (χ1v) is 6.87. The number of aromatic amines is 1. The number of hydrogen-bond donors (Lipinski definition) is 1. The van der Waals surface area contributed by atoms with Gasteiger partial charge in [-0.1, -0.05) is 25.4 Å². The van der Waals surface area contributed by atoms with Crippen molar-refractivity contribution in [2.45, 2.75) is 19.3 Å². The van der Waals surface area contributed by atoms with Crippen molar-refractivity contribution < 1.29 is 4.79 Å². The van der Waals surface area contributed by atoms with E-state index in [1.807, 2.05) is 19.2 Å². The quantitative estimate of drug-likeness (QED) is 0.820. The highest BCUT2D eigenvalue weighted by molar-refractivity contribution is 6.29. The molecular weight excluding hydrogens is 274 g/mol. The lowest BCUT2D eigenvalue weighted by Crippen LogP contribution is -2.44. The average Bonchev–Trinajstić information content (AvgIpc) is 2.82. The second kappa shape index (κ2) is 4.35. The van der Waals surface area contributed by atoms with Crippen LogP contribution in [0.1, 0.15) is 29.9 Å². The van der Waals surface area contributed by atoms with Crippen molar-refractivity contribution in [3.8, 4) is 11.3 Å². The third kappa shape index (κ3) is 2.00. The molecule has 20 heavy (non-hydrogen) atoms. The summed E-state index contributed by atoms with van der Waals surface area (Å²) in [7, 11) is 1.84. The fourth-order valence-electron chi connectivity index (χ4n) is 2.83. The van der Waals surface area contributed by atoms with Crippen molar-refractivity contribution in [1.82, 2.24) is 14.9 Å². The van der Waals surface area contributed by atoms with Gasteiger partial charge in [-0.25, -0.2) is 4.98 Å². The number of nitrogens with zero attached hydrogens (tertiary/aromatic N) is 2. The van der Waals surface area contributed by atoms with Gasteiger partial charge in [0.2, 0.25) is 0 Å². The highest BCUT2D eigenvalue weighted by atomic mass is 35.5. The summed E-state index contributed by atoms with van der Waals surface area (Å²) in [4.78, 5) is 21.4. The van der Waals surface area contributed by atoms with Gasteiger partial charge in [0.05, 0.1) is 5.56 Å². The van der Waals surface area contributed by atoms with E-state index in [1.54, 1.807) is 17.2 Å². The zero-order valence-electron chi connectivity index (χ0n) is 11.7. The van der Waals surface area contributed by atoms with Gasteiger partial charge in [-0.2, -0.15) is 0 Å². The van der Waals surface area contributed by atoms with E-state index in [-0.39, 0.29) is 11.3 Å². The van der Waals surface area contributed by atoms with Crippen LogP contribution >= 0.6 is 11.6 Å². The van der Waals surface area contributed by atoms with Gasteiger partial charge in [-0.3, -0.25) is 4.79 Å². The fourth-order valence-corrected chi connectivity index (χ4v) is 3.01. The second-order valence-electron chi connectivity index (χ2n) is 5.88. The molecule has 3 rings (SSSR count). The maximum atomic E-state index is 12.3. The molecule has 0 saturated carbocycles. The predicted molar refractivity (Wildman–Crippen MR) is 79.0 cm³/mol. The molecule has 1 aliphatic rings. The SMILES string of the molecule is CN1CC(C)(C)c2[nH]c(-c3ccnc(Cl)c3)cc2C1=O. The highest BCUT2D eigenvalue weighted by Gasteiger charge is 2.36. The normalized spacial score (nSPS) is 17.2. The van der Waals surface area contributed by atoms with Crippen LogP contribution in [0, 0.1) is 0 Å². The Kier molecular flexibility index (Phi) is 2.87. The number of halogens is 1. The van der Waals surface area contributed by atoms with Crippen molar-refractivity contribution in [3.63, 3.8) is 0 Å². The van der Waals surface area contributed by atoms with Gasteiger partial charge >= 0.3 is 0 Å². The second-order valence-corrected chi connectivity index (χ2v) is 6.27. The number of hydrogen-bond acceptors (Lipinski definition) is 2. The van der Waals surface area contributed by atoms with E-state index < -0.39 is 0 Å². The van der Waals surface area contributed by atoms with E-state index in [2.05, 4.69) is 23.8 Å². The first-order valence-electron chi connectivity index (χ1n) is 6.49. The molecule has 1 N–H and O–H groups in total. The molecule has 4 nitrogen and oxygen atoms in total. The molecule has 104 valence electrons. The minimum absolute atomic E-state index is 0.0574. The summed E-state index contributed by atoms with van der Waals surface area (Å²) in [5.41, 5.74) is 3.48. The Balaban J connectivity index is 2.15. The molecule has 0 bridgehead atoms. The molecular formula is C15H16ClN3O. The maximum absolute atomic E-state index is 12.3. The predicted octanol–water partition coefficient (Wildman–Crippen LogP) is 3.09. The first kappa shape index (κ1) is 13.2. The largest absolute Gasteiger partial charge is 0.357 e. The van der Waals surface area contributed by atoms with E-state index in [9.17, 15) is 4.79 Å². The molecule has 3 heterocycles. The lowest BCUT2D eigenvalue weighted by atomic mass is 9.83. The Bertz CT molecular complexity index is 690. The van der Waals surface area contributed by atoms with Gasteiger partial charge in [-0.15, -0.1) is 0 Å². The topological polar surface area (TPSA) is 49.0 Å². The number of aromatic nitrogens is 2. The molecule has 1 aliphatic heterocycles. The standard InChI is InChI=1S/C15H16ClN3O/c1-15(2)8-19(3)14(20)10-7-11(18-13(10)15)9-4-5-17-12(16)6-9/h4-7,18H,8H2,1-3H3. The molecule has 0 radical (unpaired) electrons. The lowest BCUT2D eigenvalue weighted by molar-refractivity contribution is 0.0736. The number of fused-ring (bicyclic) bond motifs is 1. The Labute approximate surface area is 122 Å². The molecule has 1 amide bonds. The number of amides is 1. The van der Waals surface area contributed by atoms with Crippen LogP contribution in [0.25, 0.3) is 11.3 Å². The van der Waals surface area contributed by atoms with E-state index in [4.69, 9.17) is 11.6 Å². The van der Waals surface area contributed by atoms with E-state index >= 15 is 0 Å². The fraction of sp³-hybridized carbons (Fsp3) is 0.333. The molecule has 2 aromatic heterocycles. The zero-order chi connectivity index (χ0) is 14.5. The van der Waals surface area contributed by atoms with Crippen LogP contribution in [0.15, 0.2) is 24.4 Å². The molecule has 0 fully saturated rings. The first-order chi connectivity index (χ1) is 9.38. The van der Waals surface area contributed by atoms with Crippen molar-refractivity contribution in [1.29, 1.82) is 0 Å². The minimum Gasteiger partial charge on any atom is -0.357 e. The smallest absolute Gasteiger partial charge is 0.255 e.